The second kappa shape index (κ2) is 6.35. The zero-order valence-corrected chi connectivity index (χ0v) is 13.0. The molecule has 126 valence electrons. The van der Waals surface area contributed by atoms with Crippen LogP contribution in [0.25, 0.3) is 0 Å². The maximum absolute atomic E-state index is 12.7. The molecule has 3 rings (SSSR count). The first-order valence-electron chi connectivity index (χ1n) is 7.81. The Morgan fingerprint density at radius 1 is 1.35 bits per heavy atom. The second-order valence-electron chi connectivity index (χ2n) is 5.93. The maximum Gasteiger partial charge on any atom is 0.434 e. The lowest BCUT2D eigenvalue weighted by Gasteiger charge is -2.23. The van der Waals surface area contributed by atoms with E-state index in [9.17, 15) is 13.2 Å². The fourth-order valence-corrected chi connectivity index (χ4v) is 2.91. The van der Waals surface area contributed by atoms with Gasteiger partial charge in [0.05, 0.1) is 6.20 Å². The summed E-state index contributed by atoms with van der Waals surface area (Å²) >= 11 is 0. The molecule has 0 radical (unpaired) electrons. The molecule has 0 spiro atoms. The van der Waals surface area contributed by atoms with Crippen LogP contribution in [0.1, 0.15) is 30.4 Å². The third kappa shape index (κ3) is 3.74. The van der Waals surface area contributed by atoms with Gasteiger partial charge in [0, 0.05) is 44.0 Å². The molecule has 1 aliphatic rings. The molecule has 0 bridgehead atoms. The van der Waals surface area contributed by atoms with E-state index >= 15 is 0 Å². The molecule has 0 amide bonds. The number of alkyl halides is 3. The Morgan fingerprint density at radius 2 is 2.17 bits per heavy atom. The first-order valence-corrected chi connectivity index (χ1v) is 7.81. The average molecular weight is 327 g/mol. The Labute approximate surface area is 132 Å². The maximum atomic E-state index is 12.7. The summed E-state index contributed by atoms with van der Waals surface area (Å²) < 4.78 is 41.6. The van der Waals surface area contributed by atoms with Crippen molar-refractivity contribution in [1.82, 2.24) is 24.6 Å². The molecule has 8 heteroatoms. The number of hydrogen-bond acceptors (Lipinski definition) is 3. The lowest BCUT2D eigenvalue weighted by Crippen LogP contribution is -2.29. The number of imidazole rings is 1. The second-order valence-corrected chi connectivity index (χ2v) is 5.93. The van der Waals surface area contributed by atoms with Gasteiger partial charge >= 0.3 is 6.18 Å². The number of nitrogens with zero attached hydrogens (tertiary/aromatic N) is 4. The van der Waals surface area contributed by atoms with Gasteiger partial charge in [-0.3, -0.25) is 4.68 Å². The van der Waals surface area contributed by atoms with Gasteiger partial charge < -0.3 is 9.88 Å². The van der Waals surface area contributed by atoms with Crippen LogP contribution in [-0.4, -0.2) is 25.9 Å². The minimum Gasteiger partial charge on any atom is -0.334 e. The van der Waals surface area contributed by atoms with Crippen LogP contribution in [0.4, 0.5) is 13.2 Å². The summed E-state index contributed by atoms with van der Waals surface area (Å²) in [5.41, 5.74) is 0.332. The smallest absolute Gasteiger partial charge is 0.334 e. The van der Waals surface area contributed by atoms with Gasteiger partial charge in [-0.2, -0.15) is 18.3 Å². The van der Waals surface area contributed by atoms with Crippen molar-refractivity contribution < 1.29 is 13.2 Å². The Bertz CT molecular complexity index is 658. The van der Waals surface area contributed by atoms with Crippen molar-refractivity contribution in [3.63, 3.8) is 0 Å². The Kier molecular flexibility index (Phi) is 4.43. The van der Waals surface area contributed by atoms with Crippen LogP contribution in [0.3, 0.4) is 0 Å². The SMILES string of the molecule is CCn1cc(CNCC2CCc3nc(C(F)(F)F)cn3C2)cn1. The van der Waals surface area contributed by atoms with Crippen LogP contribution in [0.15, 0.2) is 18.6 Å². The van der Waals surface area contributed by atoms with Crippen LogP contribution >= 0.6 is 0 Å². The molecule has 2 aromatic heterocycles. The Hall–Kier alpha value is -1.83. The Balaban J connectivity index is 1.52. The highest BCUT2D eigenvalue weighted by molar-refractivity contribution is 5.10. The van der Waals surface area contributed by atoms with E-state index in [0.717, 1.165) is 37.8 Å². The quantitative estimate of drug-likeness (QED) is 0.918. The summed E-state index contributed by atoms with van der Waals surface area (Å²) in [6.45, 7) is 4.95. The minimum atomic E-state index is -4.36. The normalized spacial score (nSPS) is 18.2. The van der Waals surface area contributed by atoms with Gasteiger partial charge in [-0.1, -0.05) is 0 Å². The van der Waals surface area contributed by atoms with Gasteiger partial charge in [0.1, 0.15) is 5.82 Å². The van der Waals surface area contributed by atoms with Crippen LogP contribution in [0.2, 0.25) is 0 Å². The molecule has 2 aromatic rings. The van der Waals surface area contributed by atoms with Gasteiger partial charge in [0.2, 0.25) is 0 Å². The predicted molar refractivity (Wildman–Crippen MR) is 78.6 cm³/mol. The standard InChI is InChI=1S/C15H20F3N5/c1-2-23-9-12(7-20-23)6-19-5-11-3-4-14-21-13(15(16,17)18)10-22(14)8-11/h7,9-11,19H,2-6,8H2,1H3. The molecule has 0 aromatic carbocycles. The first-order chi connectivity index (χ1) is 11.0. The summed E-state index contributed by atoms with van der Waals surface area (Å²) in [5, 5.41) is 7.58. The molecule has 0 aliphatic carbocycles. The summed E-state index contributed by atoms with van der Waals surface area (Å²) in [6, 6.07) is 0. The highest BCUT2D eigenvalue weighted by atomic mass is 19.4. The van der Waals surface area contributed by atoms with E-state index in [0.29, 0.717) is 24.7 Å². The van der Waals surface area contributed by atoms with Gasteiger partial charge in [-0.15, -0.1) is 0 Å². The molecule has 3 heterocycles. The lowest BCUT2D eigenvalue weighted by atomic mass is 9.99. The Morgan fingerprint density at radius 3 is 2.87 bits per heavy atom. The largest absolute Gasteiger partial charge is 0.434 e. The van der Waals surface area contributed by atoms with E-state index in [1.54, 1.807) is 4.57 Å². The highest BCUT2D eigenvalue weighted by Crippen LogP contribution is 2.30. The molecule has 1 N–H and O–H groups in total. The predicted octanol–water partition coefficient (Wildman–Crippen LogP) is 2.47. The van der Waals surface area contributed by atoms with E-state index in [4.69, 9.17) is 0 Å². The van der Waals surface area contributed by atoms with Crippen molar-refractivity contribution >= 4 is 0 Å². The van der Waals surface area contributed by atoms with E-state index in [1.807, 2.05) is 24.0 Å². The molecule has 0 saturated heterocycles. The summed E-state index contributed by atoms with van der Waals surface area (Å²) in [7, 11) is 0. The number of aryl methyl sites for hydroxylation is 2. The van der Waals surface area contributed by atoms with Crippen LogP contribution in [-0.2, 0) is 32.2 Å². The fourth-order valence-electron chi connectivity index (χ4n) is 2.91. The zero-order chi connectivity index (χ0) is 16.4. The van der Waals surface area contributed by atoms with Crippen molar-refractivity contribution in [1.29, 1.82) is 0 Å². The van der Waals surface area contributed by atoms with Gasteiger partial charge in [-0.05, 0) is 25.8 Å². The third-order valence-electron chi connectivity index (χ3n) is 4.15. The number of nitrogens with one attached hydrogen (secondary N) is 1. The van der Waals surface area contributed by atoms with Crippen molar-refractivity contribution in [2.75, 3.05) is 6.54 Å². The number of fused-ring (bicyclic) bond motifs is 1. The van der Waals surface area contributed by atoms with Crippen molar-refractivity contribution in [2.45, 2.75) is 45.6 Å². The summed E-state index contributed by atoms with van der Waals surface area (Å²) in [6.07, 6.45) is 2.05. The highest BCUT2D eigenvalue weighted by Gasteiger charge is 2.35. The molecule has 5 nitrogen and oxygen atoms in total. The van der Waals surface area contributed by atoms with Gasteiger partial charge in [0.15, 0.2) is 5.69 Å². The molecular formula is C15H20F3N5. The third-order valence-corrected chi connectivity index (χ3v) is 4.15. The van der Waals surface area contributed by atoms with Gasteiger partial charge in [0.25, 0.3) is 0 Å². The summed E-state index contributed by atoms with van der Waals surface area (Å²) in [5.74, 6) is 0.858. The molecule has 0 saturated carbocycles. The van der Waals surface area contributed by atoms with Gasteiger partial charge in [-0.25, -0.2) is 4.98 Å². The monoisotopic (exact) mass is 327 g/mol. The molecule has 0 fully saturated rings. The first kappa shape index (κ1) is 16.0. The molecule has 1 unspecified atom stereocenters. The number of hydrogen-bond donors (Lipinski definition) is 1. The fraction of sp³-hybridized carbons (Fsp3) is 0.600. The molecule has 1 aliphatic heterocycles. The molecule has 1 atom stereocenters. The zero-order valence-electron chi connectivity index (χ0n) is 13.0. The van der Waals surface area contributed by atoms with Crippen LogP contribution in [0, 0.1) is 5.92 Å². The number of halogens is 3. The van der Waals surface area contributed by atoms with E-state index < -0.39 is 11.9 Å². The van der Waals surface area contributed by atoms with Crippen LogP contribution < -0.4 is 5.32 Å². The minimum absolute atomic E-state index is 0.319. The van der Waals surface area contributed by atoms with E-state index in [2.05, 4.69) is 15.4 Å². The average Bonchev–Trinajstić information content (AvgIpc) is 3.12. The topological polar surface area (TPSA) is 47.7 Å². The van der Waals surface area contributed by atoms with Crippen LogP contribution in [0.5, 0.6) is 0 Å². The van der Waals surface area contributed by atoms with E-state index in [-0.39, 0.29) is 0 Å². The number of rotatable bonds is 5. The van der Waals surface area contributed by atoms with E-state index in [1.165, 1.54) is 0 Å². The summed E-state index contributed by atoms with van der Waals surface area (Å²) in [4.78, 5) is 3.70. The molecule has 23 heavy (non-hydrogen) atoms. The molecular weight excluding hydrogens is 307 g/mol. The lowest BCUT2D eigenvalue weighted by molar-refractivity contribution is -0.141. The van der Waals surface area contributed by atoms with Crippen molar-refractivity contribution in [3.05, 3.63) is 35.7 Å². The van der Waals surface area contributed by atoms with Crippen molar-refractivity contribution in [3.8, 4) is 0 Å². The van der Waals surface area contributed by atoms with Crippen molar-refractivity contribution in [2.24, 2.45) is 5.92 Å². The number of aromatic nitrogens is 4.